The standard InChI is InChI=1S/C12H13BrN4O2S/c1-6(18)14-9-4-3-7(13)5-8(9)10-11(19)16-17-12(15-10)20-2/h3-5,10H,1-2H3,(H,14,18)(H,15,17)(H,16,19)/t10-/m0/s1. The first kappa shape index (κ1) is 14.9. The summed E-state index contributed by atoms with van der Waals surface area (Å²) in [6, 6.07) is 4.62. The Morgan fingerprint density at radius 1 is 1.45 bits per heavy atom. The quantitative estimate of drug-likeness (QED) is 0.754. The largest absolute Gasteiger partial charge is 0.326 e. The van der Waals surface area contributed by atoms with Crippen molar-refractivity contribution >= 4 is 50.4 Å². The second-order valence-electron chi connectivity index (χ2n) is 4.07. The van der Waals surface area contributed by atoms with Crippen molar-refractivity contribution in [3.8, 4) is 0 Å². The van der Waals surface area contributed by atoms with Crippen LogP contribution in [-0.4, -0.2) is 23.2 Å². The highest BCUT2D eigenvalue weighted by Gasteiger charge is 2.27. The maximum Gasteiger partial charge on any atom is 0.267 e. The minimum absolute atomic E-state index is 0.197. The number of hydrazine groups is 1. The summed E-state index contributed by atoms with van der Waals surface area (Å²) in [6.45, 7) is 1.42. The third-order valence-corrected chi connectivity index (χ3v) is 3.69. The van der Waals surface area contributed by atoms with Crippen molar-refractivity contribution < 1.29 is 9.59 Å². The Balaban J connectivity index is 2.46. The van der Waals surface area contributed by atoms with Crippen LogP contribution in [-0.2, 0) is 9.59 Å². The number of carbonyl (C=O) groups excluding carboxylic acids is 2. The molecule has 2 rings (SSSR count). The fraction of sp³-hybridized carbons (Fsp3) is 0.250. The maximum atomic E-state index is 12.0. The Bertz CT molecular complexity index is 591. The zero-order valence-corrected chi connectivity index (χ0v) is 13.3. The number of nitrogens with zero attached hydrogens (tertiary/aromatic N) is 1. The lowest BCUT2D eigenvalue weighted by molar-refractivity contribution is -0.123. The minimum atomic E-state index is -0.696. The molecule has 0 fully saturated rings. The van der Waals surface area contributed by atoms with E-state index in [0.29, 0.717) is 16.4 Å². The van der Waals surface area contributed by atoms with Crippen LogP contribution in [0.25, 0.3) is 0 Å². The lowest BCUT2D eigenvalue weighted by Gasteiger charge is -2.23. The first-order chi connectivity index (χ1) is 9.51. The molecule has 20 heavy (non-hydrogen) atoms. The van der Waals surface area contributed by atoms with Crippen LogP contribution in [0, 0.1) is 0 Å². The predicted octanol–water partition coefficient (Wildman–Crippen LogP) is 1.80. The number of rotatable bonds is 2. The highest BCUT2D eigenvalue weighted by molar-refractivity contribution is 9.10. The van der Waals surface area contributed by atoms with Gasteiger partial charge in [-0.1, -0.05) is 27.7 Å². The minimum Gasteiger partial charge on any atom is -0.326 e. The van der Waals surface area contributed by atoms with Crippen LogP contribution in [0.3, 0.4) is 0 Å². The second kappa shape index (κ2) is 6.27. The molecule has 1 heterocycles. The highest BCUT2D eigenvalue weighted by atomic mass is 79.9. The fourth-order valence-electron chi connectivity index (χ4n) is 1.77. The summed E-state index contributed by atoms with van der Waals surface area (Å²) in [6.07, 6.45) is 1.86. The highest BCUT2D eigenvalue weighted by Crippen LogP contribution is 2.30. The summed E-state index contributed by atoms with van der Waals surface area (Å²) in [5, 5.41) is 3.33. The van der Waals surface area contributed by atoms with Crippen molar-refractivity contribution in [2.75, 3.05) is 11.6 Å². The Hall–Kier alpha value is -1.54. The SMILES string of the molecule is CSC1=N[C@@H](c2cc(Br)ccc2NC(C)=O)C(=O)NN1. The number of hydrogen-bond acceptors (Lipinski definition) is 5. The lowest BCUT2D eigenvalue weighted by atomic mass is 10.0. The molecule has 6 nitrogen and oxygen atoms in total. The molecule has 1 atom stereocenters. The zero-order valence-electron chi connectivity index (χ0n) is 10.9. The molecule has 0 radical (unpaired) electrons. The number of nitrogens with one attached hydrogen (secondary N) is 3. The van der Waals surface area contributed by atoms with Crippen LogP contribution in [0.2, 0.25) is 0 Å². The van der Waals surface area contributed by atoms with E-state index in [0.717, 1.165) is 4.47 Å². The maximum absolute atomic E-state index is 12.0. The Morgan fingerprint density at radius 2 is 2.20 bits per heavy atom. The molecule has 0 saturated heterocycles. The number of amidine groups is 1. The van der Waals surface area contributed by atoms with Crippen molar-refractivity contribution in [2.24, 2.45) is 4.99 Å². The molecule has 106 valence electrons. The van der Waals surface area contributed by atoms with Gasteiger partial charge in [-0.2, -0.15) is 0 Å². The van der Waals surface area contributed by atoms with E-state index in [2.05, 4.69) is 37.1 Å². The average molecular weight is 357 g/mol. The lowest BCUT2D eigenvalue weighted by Crippen LogP contribution is -2.47. The van der Waals surface area contributed by atoms with E-state index in [1.165, 1.54) is 18.7 Å². The van der Waals surface area contributed by atoms with Crippen molar-refractivity contribution in [2.45, 2.75) is 13.0 Å². The number of thioether (sulfide) groups is 1. The average Bonchev–Trinajstić information content (AvgIpc) is 2.41. The summed E-state index contributed by atoms with van der Waals surface area (Å²) in [4.78, 5) is 27.6. The van der Waals surface area contributed by atoms with E-state index < -0.39 is 6.04 Å². The Morgan fingerprint density at radius 3 is 2.85 bits per heavy atom. The number of carbonyl (C=O) groups is 2. The van der Waals surface area contributed by atoms with Crippen LogP contribution in [0.15, 0.2) is 27.7 Å². The molecule has 1 aromatic carbocycles. The monoisotopic (exact) mass is 356 g/mol. The first-order valence-corrected chi connectivity index (χ1v) is 7.77. The van der Waals surface area contributed by atoms with Crippen LogP contribution in [0.5, 0.6) is 0 Å². The summed E-state index contributed by atoms with van der Waals surface area (Å²) >= 11 is 4.76. The molecule has 1 aliphatic heterocycles. The van der Waals surface area contributed by atoms with Crippen LogP contribution >= 0.6 is 27.7 Å². The van der Waals surface area contributed by atoms with Gasteiger partial charge in [-0.05, 0) is 24.5 Å². The zero-order chi connectivity index (χ0) is 14.7. The third kappa shape index (κ3) is 3.31. The van der Waals surface area contributed by atoms with Crippen molar-refractivity contribution in [3.05, 3.63) is 28.2 Å². The van der Waals surface area contributed by atoms with Gasteiger partial charge in [0.05, 0.1) is 0 Å². The molecular formula is C12H13BrN4O2S. The van der Waals surface area contributed by atoms with Crippen molar-refractivity contribution in [3.63, 3.8) is 0 Å². The normalized spacial score (nSPS) is 17.9. The third-order valence-electron chi connectivity index (χ3n) is 2.60. The van der Waals surface area contributed by atoms with Gasteiger partial charge >= 0.3 is 0 Å². The van der Waals surface area contributed by atoms with Gasteiger partial charge in [-0.25, -0.2) is 4.99 Å². The van der Waals surface area contributed by atoms with E-state index >= 15 is 0 Å². The first-order valence-electron chi connectivity index (χ1n) is 5.76. The van der Waals surface area contributed by atoms with E-state index in [4.69, 9.17) is 0 Å². The topological polar surface area (TPSA) is 82.6 Å². The molecule has 0 unspecified atom stereocenters. The van der Waals surface area contributed by atoms with Gasteiger partial charge in [-0.3, -0.25) is 20.4 Å². The number of anilines is 1. The van der Waals surface area contributed by atoms with Gasteiger partial charge in [0.2, 0.25) is 5.91 Å². The summed E-state index contributed by atoms with van der Waals surface area (Å²) in [7, 11) is 0. The molecule has 8 heteroatoms. The molecule has 2 amide bonds. The number of hydrogen-bond donors (Lipinski definition) is 3. The van der Waals surface area contributed by atoms with E-state index in [1.807, 2.05) is 6.26 Å². The molecule has 3 N–H and O–H groups in total. The molecule has 0 bridgehead atoms. The number of halogens is 1. The van der Waals surface area contributed by atoms with E-state index in [-0.39, 0.29) is 11.8 Å². The smallest absolute Gasteiger partial charge is 0.267 e. The molecule has 0 spiro atoms. The predicted molar refractivity (Wildman–Crippen MR) is 83.4 cm³/mol. The summed E-state index contributed by atoms with van der Waals surface area (Å²) in [5.41, 5.74) is 6.49. The molecule has 0 saturated carbocycles. The number of aliphatic imine (C=N–C) groups is 1. The fourth-order valence-corrected chi connectivity index (χ4v) is 2.51. The molecule has 0 aliphatic carbocycles. The number of benzene rings is 1. The van der Waals surface area contributed by atoms with Gasteiger partial charge < -0.3 is 5.32 Å². The van der Waals surface area contributed by atoms with Gasteiger partial charge in [0, 0.05) is 22.6 Å². The van der Waals surface area contributed by atoms with Gasteiger partial charge in [-0.15, -0.1) is 0 Å². The van der Waals surface area contributed by atoms with Gasteiger partial charge in [0.15, 0.2) is 11.2 Å². The molecule has 0 aromatic heterocycles. The van der Waals surface area contributed by atoms with Crippen LogP contribution in [0.1, 0.15) is 18.5 Å². The van der Waals surface area contributed by atoms with Gasteiger partial charge in [0.25, 0.3) is 5.91 Å². The molecular weight excluding hydrogens is 344 g/mol. The second-order valence-corrected chi connectivity index (χ2v) is 5.78. The van der Waals surface area contributed by atoms with E-state index in [9.17, 15) is 9.59 Å². The Labute approximate surface area is 128 Å². The van der Waals surface area contributed by atoms with E-state index in [1.54, 1.807) is 18.2 Å². The van der Waals surface area contributed by atoms with Crippen molar-refractivity contribution in [1.82, 2.24) is 10.9 Å². The summed E-state index contributed by atoms with van der Waals surface area (Å²) < 4.78 is 0.814. The molecule has 1 aliphatic rings. The van der Waals surface area contributed by atoms with Crippen LogP contribution in [0.4, 0.5) is 5.69 Å². The summed E-state index contributed by atoms with van der Waals surface area (Å²) in [5.74, 6) is -0.468. The number of amides is 2. The molecule has 1 aromatic rings. The van der Waals surface area contributed by atoms with Crippen LogP contribution < -0.4 is 16.2 Å². The van der Waals surface area contributed by atoms with Gasteiger partial charge in [0.1, 0.15) is 0 Å². The van der Waals surface area contributed by atoms with Crippen molar-refractivity contribution in [1.29, 1.82) is 0 Å². The Kier molecular flexibility index (Phi) is 4.66.